The molecular weight excluding hydrogens is 396 g/mol. The van der Waals surface area contributed by atoms with E-state index in [1.165, 1.54) is 0 Å². The standard InChI is InChI=1S/C24H26N2O5/c1-16-3-5-17(6-4-16)21-15-22(24(29)13-11-20(12-14-24)31-23(27)28)25-26(21)18-7-9-19(30-2)10-8-18/h3-10,15,20,29H,11-14H2,1-2H3,(H,27,28). The normalized spacial score (nSPS) is 20.9. The molecule has 0 atom stereocenters. The predicted octanol–water partition coefficient (Wildman–Crippen LogP) is 4.68. The fourth-order valence-electron chi connectivity index (χ4n) is 4.04. The number of aromatic nitrogens is 2. The van der Waals surface area contributed by atoms with E-state index in [4.69, 9.17) is 19.7 Å². The summed E-state index contributed by atoms with van der Waals surface area (Å²) in [6, 6.07) is 17.7. The van der Waals surface area contributed by atoms with Crippen molar-refractivity contribution in [1.82, 2.24) is 9.78 Å². The highest BCUT2D eigenvalue weighted by molar-refractivity contribution is 5.63. The molecule has 1 aliphatic carbocycles. The van der Waals surface area contributed by atoms with Gasteiger partial charge in [-0.15, -0.1) is 0 Å². The van der Waals surface area contributed by atoms with Crippen LogP contribution in [0.4, 0.5) is 4.79 Å². The van der Waals surface area contributed by atoms with Gasteiger partial charge in [-0.05, 0) is 62.9 Å². The summed E-state index contributed by atoms with van der Waals surface area (Å²) in [5, 5.41) is 25.0. The number of rotatable bonds is 5. The lowest BCUT2D eigenvalue weighted by atomic mass is 9.81. The first kappa shape index (κ1) is 20.9. The highest BCUT2D eigenvalue weighted by atomic mass is 16.7. The summed E-state index contributed by atoms with van der Waals surface area (Å²) in [7, 11) is 1.62. The molecule has 3 aromatic rings. The van der Waals surface area contributed by atoms with Gasteiger partial charge in [0.2, 0.25) is 0 Å². The van der Waals surface area contributed by atoms with Crippen LogP contribution >= 0.6 is 0 Å². The van der Waals surface area contributed by atoms with Gasteiger partial charge in [-0.25, -0.2) is 9.48 Å². The molecule has 0 bridgehead atoms. The highest BCUT2D eigenvalue weighted by Gasteiger charge is 2.38. The third-order valence-corrected chi connectivity index (χ3v) is 5.88. The monoisotopic (exact) mass is 422 g/mol. The topological polar surface area (TPSA) is 93.8 Å². The van der Waals surface area contributed by atoms with Gasteiger partial charge in [-0.3, -0.25) is 0 Å². The Kier molecular flexibility index (Phi) is 5.69. The van der Waals surface area contributed by atoms with Crippen LogP contribution in [0.15, 0.2) is 54.6 Å². The van der Waals surface area contributed by atoms with Crippen molar-refractivity contribution in [3.8, 4) is 22.7 Å². The lowest BCUT2D eigenvalue weighted by Crippen LogP contribution is -2.35. The molecule has 0 amide bonds. The summed E-state index contributed by atoms with van der Waals surface area (Å²) < 4.78 is 12.0. The van der Waals surface area contributed by atoms with Gasteiger partial charge in [0.25, 0.3) is 0 Å². The van der Waals surface area contributed by atoms with Gasteiger partial charge in [-0.1, -0.05) is 29.8 Å². The van der Waals surface area contributed by atoms with E-state index in [0.29, 0.717) is 31.4 Å². The zero-order valence-electron chi connectivity index (χ0n) is 17.6. The second-order valence-electron chi connectivity index (χ2n) is 8.01. The van der Waals surface area contributed by atoms with Gasteiger partial charge in [-0.2, -0.15) is 5.10 Å². The average molecular weight is 422 g/mol. The summed E-state index contributed by atoms with van der Waals surface area (Å²) >= 11 is 0. The average Bonchev–Trinajstić information content (AvgIpc) is 3.22. The Bertz CT molecular complexity index is 1050. The number of ether oxygens (including phenoxy) is 2. The summed E-state index contributed by atoms with van der Waals surface area (Å²) in [6.07, 6.45) is 0.0188. The number of carbonyl (C=O) groups is 1. The predicted molar refractivity (Wildman–Crippen MR) is 116 cm³/mol. The Morgan fingerprint density at radius 2 is 1.74 bits per heavy atom. The van der Waals surface area contributed by atoms with Crippen molar-refractivity contribution in [3.63, 3.8) is 0 Å². The molecule has 1 fully saturated rings. The first-order chi connectivity index (χ1) is 14.9. The number of hydrogen-bond donors (Lipinski definition) is 2. The van der Waals surface area contributed by atoms with Crippen molar-refractivity contribution in [2.45, 2.75) is 44.3 Å². The van der Waals surface area contributed by atoms with E-state index < -0.39 is 17.9 Å². The summed E-state index contributed by atoms with van der Waals surface area (Å²) in [4.78, 5) is 10.8. The zero-order chi connectivity index (χ0) is 22.0. The summed E-state index contributed by atoms with van der Waals surface area (Å²) in [5.74, 6) is 0.753. The maximum Gasteiger partial charge on any atom is 0.506 e. The van der Waals surface area contributed by atoms with Crippen molar-refractivity contribution in [3.05, 3.63) is 65.9 Å². The number of hydrogen-bond acceptors (Lipinski definition) is 5. The molecule has 0 spiro atoms. The lowest BCUT2D eigenvalue weighted by molar-refractivity contribution is -0.0507. The highest BCUT2D eigenvalue weighted by Crippen LogP contribution is 2.39. The number of aliphatic hydroxyl groups is 1. The first-order valence-electron chi connectivity index (χ1n) is 10.3. The van der Waals surface area contributed by atoms with Gasteiger partial charge in [0.05, 0.1) is 24.2 Å². The third kappa shape index (κ3) is 4.41. The van der Waals surface area contributed by atoms with Crippen LogP contribution in [0.1, 0.15) is 36.9 Å². The SMILES string of the molecule is COc1ccc(-n2nc(C3(O)CCC(OC(=O)O)CC3)cc2-c2ccc(C)cc2)cc1. The summed E-state index contributed by atoms with van der Waals surface area (Å²) in [6.45, 7) is 2.04. The fraction of sp³-hybridized carbons (Fsp3) is 0.333. The van der Waals surface area contributed by atoms with Crippen molar-refractivity contribution in [2.24, 2.45) is 0 Å². The molecule has 0 unspecified atom stereocenters. The van der Waals surface area contributed by atoms with Gasteiger partial charge in [0.1, 0.15) is 17.5 Å². The minimum atomic E-state index is -1.28. The number of carboxylic acid groups (broad SMARTS) is 1. The van der Waals surface area contributed by atoms with E-state index in [2.05, 4.69) is 0 Å². The molecule has 4 rings (SSSR count). The molecule has 1 saturated carbocycles. The van der Waals surface area contributed by atoms with Crippen LogP contribution in [0.2, 0.25) is 0 Å². The Morgan fingerprint density at radius 3 is 2.32 bits per heavy atom. The van der Waals surface area contributed by atoms with Crippen LogP contribution < -0.4 is 4.74 Å². The second-order valence-corrected chi connectivity index (χ2v) is 8.01. The number of aryl methyl sites for hydroxylation is 1. The fourth-order valence-corrected chi connectivity index (χ4v) is 4.04. The molecule has 162 valence electrons. The van der Waals surface area contributed by atoms with E-state index >= 15 is 0 Å². The number of nitrogens with zero attached hydrogens (tertiary/aromatic N) is 2. The maximum atomic E-state index is 11.4. The Hall–Kier alpha value is -3.32. The quantitative estimate of drug-likeness (QED) is 0.580. The molecule has 7 nitrogen and oxygen atoms in total. The molecule has 1 heterocycles. The molecule has 1 aliphatic rings. The molecule has 2 aromatic carbocycles. The van der Waals surface area contributed by atoms with E-state index in [1.54, 1.807) is 7.11 Å². The van der Waals surface area contributed by atoms with E-state index in [-0.39, 0.29) is 0 Å². The van der Waals surface area contributed by atoms with Gasteiger partial charge in [0, 0.05) is 5.56 Å². The van der Waals surface area contributed by atoms with Crippen LogP contribution in [-0.2, 0) is 10.3 Å². The van der Waals surface area contributed by atoms with Crippen LogP contribution in [-0.4, -0.2) is 39.4 Å². The van der Waals surface area contributed by atoms with E-state index in [0.717, 1.165) is 28.3 Å². The molecule has 0 aliphatic heterocycles. The Balaban J connectivity index is 1.71. The Labute approximate surface area is 180 Å². The lowest BCUT2D eigenvalue weighted by Gasteiger charge is -2.33. The molecule has 31 heavy (non-hydrogen) atoms. The molecule has 7 heteroatoms. The largest absolute Gasteiger partial charge is 0.506 e. The minimum absolute atomic E-state index is 0.387. The van der Waals surface area contributed by atoms with Crippen LogP contribution in [0.5, 0.6) is 5.75 Å². The van der Waals surface area contributed by atoms with E-state index in [9.17, 15) is 9.90 Å². The zero-order valence-corrected chi connectivity index (χ0v) is 17.6. The van der Waals surface area contributed by atoms with Crippen molar-refractivity contribution in [2.75, 3.05) is 7.11 Å². The molecular formula is C24H26N2O5. The van der Waals surface area contributed by atoms with Gasteiger partial charge in [0.15, 0.2) is 0 Å². The van der Waals surface area contributed by atoms with Gasteiger partial charge >= 0.3 is 6.16 Å². The smallest absolute Gasteiger partial charge is 0.497 e. The molecule has 2 N–H and O–H groups in total. The van der Waals surface area contributed by atoms with Crippen molar-refractivity contribution in [1.29, 1.82) is 0 Å². The third-order valence-electron chi connectivity index (χ3n) is 5.88. The minimum Gasteiger partial charge on any atom is -0.497 e. The van der Waals surface area contributed by atoms with E-state index in [1.807, 2.05) is 66.2 Å². The molecule has 0 radical (unpaired) electrons. The second kappa shape index (κ2) is 8.43. The maximum absolute atomic E-state index is 11.4. The van der Waals surface area contributed by atoms with Crippen LogP contribution in [0, 0.1) is 6.92 Å². The van der Waals surface area contributed by atoms with Crippen molar-refractivity contribution < 1.29 is 24.5 Å². The number of benzene rings is 2. The molecule has 1 aromatic heterocycles. The van der Waals surface area contributed by atoms with Gasteiger partial charge < -0.3 is 19.7 Å². The first-order valence-corrected chi connectivity index (χ1v) is 10.3. The van der Waals surface area contributed by atoms with Crippen LogP contribution in [0.25, 0.3) is 16.9 Å². The van der Waals surface area contributed by atoms with Crippen molar-refractivity contribution >= 4 is 6.16 Å². The molecule has 0 saturated heterocycles. The van der Waals surface area contributed by atoms with Crippen LogP contribution in [0.3, 0.4) is 0 Å². The summed E-state index contributed by atoms with van der Waals surface area (Å²) in [5.41, 5.74) is 3.33. The Morgan fingerprint density at radius 1 is 1.10 bits per heavy atom. The number of methoxy groups -OCH3 is 1.